The van der Waals surface area contributed by atoms with Crippen molar-refractivity contribution in [2.45, 2.75) is 46.6 Å². The van der Waals surface area contributed by atoms with Gasteiger partial charge in [0.15, 0.2) is 0 Å². The zero-order valence-electron chi connectivity index (χ0n) is 20.1. The molecule has 1 saturated heterocycles. The van der Waals surface area contributed by atoms with Gasteiger partial charge in [0, 0.05) is 18.7 Å². The maximum Gasteiger partial charge on any atom is 0.410 e. The molecule has 1 amide bonds. The summed E-state index contributed by atoms with van der Waals surface area (Å²) in [5, 5.41) is 2.26. The van der Waals surface area contributed by atoms with E-state index in [2.05, 4.69) is 17.1 Å². The molecule has 0 saturated carbocycles. The first-order chi connectivity index (χ1) is 16.5. The van der Waals surface area contributed by atoms with Gasteiger partial charge in [-0.15, -0.1) is 0 Å². The van der Waals surface area contributed by atoms with E-state index in [-0.39, 0.29) is 30.5 Å². The lowest BCUT2D eigenvalue weighted by Crippen LogP contribution is -2.41. The van der Waals surface area contributed by atoms with Crippen LogP contribution >= 0.6 is 0 Å². The molecule has 0 N–H and O–H groups in total. The predicted molar refractivity (Wildman–Crippen MR) is 129 cm³/mol. The number of esters is 1. The van der Waals surface area contributed by atoms with Crippen LogP contribution in [0.3, 0.4) is 0 Å². The van der Waals surface area contributed by atoms with E-state index in [4.69, 9.17) is 13.9 Å². The molecule has 1 atom stereocenters. The summed E-state index contributed by atoms with van der Waals surface area (Å²) in [6.07, 6.45) is 1.92. The number of likely N-dealkylation sites (tertiary alicyclic amines) is 1. The normalized spacial score (nSPS) is 15.3. The smallest absolute Gasteiger partial charge is 0.410 e. The number of amides is 1. The Morgan fingerprint density at radius 2 is 1.82 bits per heavy atom. The van der Waals surface area contributed by atoms with Crippen LogP contribution in [0.2, 0.25) is 0 Å². The predicted octanol–water partition coefficient (Wildman–Crippen LogP) is 5.74. The number of carbonyl (C=O) groups is 2. The SMILES string of the molecule is CCOC(=O)C(CC)C1CCN(C(=O)OCc2nc(-c3ccc4ccccc4c3)oc2C)CC1. The minimum Gasteiger partial charge on any atom is -0.466 e. The van der Waals surface area contributed by atoms with E-state index in [9.17, 15) is 9.59 Å². The number of hydrogen-bond donors (Lipinski definition) is 0. The van der Waals surface area contributed by atoms with E-state index in [0.717, 1.165) is 35.6 Å². The Morgan fingerprint density at radius 3 is 2.53 bits per heavy atom. The summed E-state index contributed by atoms with van der Waals surface area (Å²) in [4.78, 5) is 31.1. The quantitative estimate of drug-likeness (QED) is 0.415. The van der Waals surface area contributed by atoms with Crippen molar-refractivity contribution in [3.8, 4) is 11.5 Å². The molecule has 180 valence electrons. The average molecular weight is 465 g/mol. The molecule has 1 unspecified atom stereocenters. The fraction of sp³-hybridized carbons (Fsp3) is 0.444. The average Bonchev–Trinajstić information content (AvgIpc) is 3.23. The zero-order valence-corrected chi connectivity index (χ0v) is 20.1. The highest BCUT2D eigenvalue weighted by Gasteiger charge is 2.33. The number of aryl methyl sites for hydroxylation is 1. The van der Waals surface area contributed by atoms with E-state index >= 15 is 0 Å². The number of ether oxygens (including phenoxy) is 2. The monoisotopic (exact) mass is 464 g/mol. The molecule has 0 bridgehead atoms. The first-order valence-electron chi connectivity index (χ1n) is 12.0. The van der Waals surface area contributed by atoms with Gasteiger partial charge in [0.05, 0.1) is 12.5 Å². The fourth-order valence-corrected chi connectivity index (χ4v) is 4.66. The number of fused-ring (bicyclic) bond motifs is 1. The Bertz CT molecular complexity index is 1150. The van der Waals surface area contributed by atoms with Gasteiger partial charge in [0.1, 0.15) is 18.1 Å². The van der Waals surface area contributed by atoms with Crippen LogP contribution in [0.25, 0.3) is 22.2 Å². The Balaban J connectivity index is 1.33. The Kier molecular flexibility index (Phi) is 7.50. The number of rotatable bonds is 7. The van der Waals surface area contributed by atoms with Crippen LogP contribution in [-0.2, 0) is 20.9 Å². The third-order valence-electron chi connectivity index (χ3n) is 6.62. The largest absolute Gasteiger partial charge is 0.466 e. The van der Waals surface area contributed by atoms with Crippen molar-refractivity contribution in [3.05, 3.63) is 53.9 Å². The Morgan fingerprint density at radius 1 is 1.09 bits per heavy atom. The fourth-order valence-electron chi connectivity index (χ4n) is 4.66. The summed E-state index contributed by atoms with van der Waals surface area (Å²) in [5.74, 6) is 1.14. The lowest BCUT2D eigenvalue weighted by atomic mass is 9.83. The molecular weight excluding hydrogens is 432 g/mol. The second-order valence-electron chi connectivity index (χ2n) is 8.73. The highest BCUT2D eigenvalue weighted by Crippen LogP contribution is 2.29. The molecule has 7 nitrogen and oxygen atoms in total. The molecule has 0 aliphatic carbocycles. The second kappa shape index (κ2) is 10.7. The van der Waals surface area contributed by atoms with Crippen molar-refractivity contribution in [3.63, 3.8) is 0 Å². The molecular formula is C27H32N2O5. The number of nitrogens with zero attached hydrogens (tertiary/aromatic N) is 2. The van der Waals surface area contributed by atoms with Gasteiger partial charge in [-0.25, -0.2) is 9.78 Å². The van der Waals surface area contributed by atoms with Gasteiger partial charge in [-0.3, -0.25) is 4.79 Å². The minimum atomic E-state index is -0.364. The molecule has 1 aliphatic rings. The first-order valence-corrected chi connectivity index (χ1v) is 12.0. The van der Waals surface area contributed by atoms with Gasteiger partial charge in [-0.05, 0) is 61.9 Å². The molecule has 0 radical (unpaired) electrons. The summed E-state index contributed by atoms with van der Waals surface area (Å²) < 4.78 is 16.6. The second-order valence-corrected chi connectivity index (χ2v) is 8.73. The van der Waals surface area contributed by atoms with Crippen LogP contribution in [0, 0.1) is 18.8 Å². The van der Waals surface area contributed by atoms with Crippen LogP contribution < -0.4 is 0 Å². The van der Waals surface area contributed by atoms with Crippen molar-refractivity contribution in [1.82, 2.24) is 9.88 Å². The standard InChI is InChI=1S/C27H32N2O5/c1-4-23(26(30)32-5-2)20-12-14-29(15-13-20)27(31)33-17-24-18(3)34-25(28-24)22-11-10-19-8-6-7-9-21(19)16-22/h6-11,16,20,23H,4-5,12-15,17H2,1-3H3. The van der Waals surface area contributed by atoms with E-state index < -0.39 is 0 Å². The molecule has 7 heteroatoms. The number of benzene rings is 2. The van der Waals surface area contributed by atoms with E-state index in [1.165, 1.54) is 0 Å². The van der Waals surface area contributed by atoms with E-state index in [1.807, 2.05) is 51.1 Å². The molecule has 3 aromatic rings. The molecule has 0 spiro atoms. The Hall–Kier alpha value is -3.35. The summed E-state index contributed by atoms with van der Waals surface area (Å²) >= 11 is 0. The minimum absolute atomic E-state index is 0.0576. The molecule has 1 aromatic heterocycles. The van der Waals surface area contributed by atoms with Crippen LogP contribution in [0.15, 0.2) is 46.9 Å². The van der Waals surface area contributed by atoms with Crippen LogP contribution in [0.1, 0.15) is 44.6 Å². The first kappa shape index (κ1) is 23.8. The van der Waals surface area contributed by atoms with Crippen LogP contribution in [0.5, 0.6) is 0 Å². The highest BCUT2D eigenvalue weighted by molar-refractivity contribution is 5.86. The van der Waals surface area contributed by atoms with Crippen molar-refractivity contribution < 1.29 is 23.5 Å². The van der Waals surface area contributed by atoms with E-state index in [1.54, 1.807) is 4.90 Å². The number of carbonyl (C=O) groups excluding carboxylic acids is 2. The van der Waals surface area contributed by atoms with Gasteiger partial charge >= 0.3 is 12.1 Å². The van der Waals surface area contributed by atoms with Crippen LogP contribution in [0.4, 0.5) is 4.79 Å². The van der Waals surface area contributed by atoms with Crippen molar-refractivity contribution in [2.75, 3.05) is 19.7 Å². The lowest BCUT2D eigenvalue weighted by Gasteiger charge is -2.34. The molecule has 1 aliphatic heterocycles. The lowest BCUT2D eigenvalue weighted by molar-refractivity contribution is -0.150. The molecule has 1 fully saturated rings. The number of aromatic nitrogens is 1. The van der Waals surface area contributed by atoms with Gasteiger partial charge < -0.3 is 18.8 Å². The summed E-state index contributed by atoms with van der Waals surface area (Å²) in [6.45, 7) is 7.25. The van der Waals surface area contributed by atoms with E-state index in [0.29, 0.717) is 37.0 Å². The summed E-state index contributed by atoms with van der Waals surface area (Å²) in [6, 6.07) is 14.2. The van der Waals surface area contributed by atoms with Gasteiger partial charge in [-0.1, -0.05) is 37.3 Å². The Labute approximate surface area is 200 Å². The highest BCUT2D eigenvalue weighted by atomic mass is 16.6. The van der Waals surface area contributed by atoms with Gasteiger partial charge in [0.2, 0.25) is 5.89 Å². The van der Waals surface area contributed by atoms with Crippen molar-refractivity contribution >= 4 is 22.8 Å². The van der Waals surface area contributed by atoms with Crippen molar-refractivity contribution in [2.24, 2.45) is 11.8 Å². The van der Waals surface area contributed by atoms with Gasteiger partial charge in [-0.2, -0.15) is 0 Å². The summed E-state index contributed by atoms with van der Waals surface area (Å²) in [5.41, 5.74) is 1.49. The molecule has 34 heavy (non-hydrogen) atoms. The van der Waals surface area contributed by atoms with Crippen LogP contribution in [-0.4, -0.2) is 41.6 Å². The maximum absolute atomic E-state index is 12.6. The molecule has 4 rings (SSSR count). The molecule has 2 heterocycles. The third kappa shape index (κ3) is 5.24. The maximum atomic E-state index is 12.6. The van der Waals surface area contributed by atoms with Crippen molar-refractivity contribution in [1.29, 1.82) is 0 Å². The zero-order chi connectivity index (χ0) is 24.1. The molecule has 2 aromatic carbocycles. The number of hydrogen-bond acceptors (Lipinski definition) is 6. The number of piperidine rings is 1. The van der Waals surface area contributed by atoms with Gasteiger partial charge in [0.25, 0.3) is 0 Å². The third-order valence-corrected chi connectivity index (χ3v) is 6.62. The topological polar surface area (TPSA) is 81.9 Å². The number of oxazole rings is 1. The summed E-state index contributed by atoms with van der Waals surface area (Å²) in [7, 11) is 0.